The first-order valence-electron chi connectivity index (χ1n) is 6.78. The number of hydrogen-bond acceptors (Lipinski definition) is 7. The molecule has 1 aliphatic rings. The molecule has 1 heterocycles. The molecule has 9 nitrogen and oxygen atoms in total. The number of carbonyl (C=O) groups is 1. The predicted molar refractivity (Wildman–Crippen MR) is 78.2 cm³/mol. The zero-order valence-electron chi connectivity index (χ0n) is 12.4. The summed E-state index contributed by atoms with van der Waals surface area (Å²) in [4.78, 5) is 21.2. The molecule has 1 fully saturated rings. The van der Waals surface area contributed by atoms with Crippen molar-refractivity contribution in [3.8, 4) is 0 Å². The number of nitrogens with zero attached hydrogens (tertiary/aromatic N) is 2. The number of esters is 1. The average Bonchev–Trinajstić information content (AvgIpc) is 2.55. The first-order chi connectivity index (χ1) is 10.9. The summed E-state index contributed by atoms with van der Waals surface area (Å²) in [6.07, 6.45) is -0.729. The molecular formula is C13H16N2O7S. The van der Waals surface area contributed by atoms with Gasteiger partial charge in [0, 0.05) is 19.2 Å². The highest BCUT2D eigenvalue weighted by Crippen LogP contribution is 2.27. The summed E-state index contributed by atoms with van der Waals surface area (Å²) in [5.41, 5.74) is -0.483. The Labute approximate surface area is 133 Å². The third-order valence-electron chi connectivity index (χ3n) is 3.40. The lowest BCUT2D eigenvalue weighted by atomic mass is 10.2. The number of para-hydroxylation sites is 1. The third-order valence-corrected chi connectivity index (χ3v) is 5.32. The van der Waals surface area contributed by atoms with Crippen molar-refractivity contribution in [1.29, 1.82) is 0 Å². The van der Waals surface area contributed by atoms with Crippen molar-refractivity contribution < 1.29 is 27.6 Å². The largest absolute Gasteiger partial charge is 0.469 e. The predicted octanol–water partition coefficient (Wildman–Crippen LogP) is 0.547. The van der Waals surface area contributed by atoms with Gasteiger partial charge in [0.1, 0.15) is 0 Å². The van der Waals surface area contributed by atoms with E-state index in [1.165, 1.54) is 25.3 Å². The highest BCUT2D eigenvalue weighted by molar-refractivity contribution is 7.89. The van der Waals surface area contributed by atoms with Gasteiger partial charge >= 0.3 is 5.97 Å². The Morgan fingerprint density at radius 3 is 2.83 bits per heavy atom. The molecule has 0 aliphatic carbocycles. The van der Waals surface area contributed by atoms with Gasteiger partial charge < -0.3 is 9.47 Å². The molecule has 0 amide bonds. The Morgan fingerprint density at radius 1 is 1.48 bits per heavy atom. The monoisotopic (exact) mass is 344 g/mol. The smallest absolute Gasteiger partial charge is 0.308 e. The lowest BCUT2D eigenvalue weighted by molar-refractivity contribution is -0.387. The van der Waals surface area contributed by atoms with Gasteiger partial charge in [-0.3, -0.25) is 14.9 Å². The van der Waals surface area contributed by atoms with Gasteiger partial charge in [0.2, 0.25) is 10.0 Å². The number of nitro benzene ring substituents is 1. The standard InChI is InChI=1S/C13H16N2O7S/c1-21-13(16)8-10-9-14(6-7-22-10)23(19,20)12-5-3-2-4-11(12)15(17)18/h2-5,10H,6-9H2,1H3. The van der Waals surface area contributed by atoms with E-state index in [2.05, 4.69) is 4.74 Å². The van der Waals surface area contributed by atoms with Crippen molar-refractivity contribution in [2.45, 2.75) is 17.4 Å². The van der Waals surface area contributed by atoms with Crippen molar-refractivity contribution in [2.75, 3.05) is 26.8 Å². The van der Waals surface area contributed by atoms with E-state index in [1.807, 2.05) is 0 Å². The van der Waals surface area contributed by atoms with E-state index < -0.39 is 32.7 Å². The molecule has 0 aromatic heterocycles. The van der Waals surface area contributed by atoms with E-state index in [9.17, 15) is 23.3 Å². The van der Waals surface area contributed by atoms with Crippen LogP contribution >= 0.6 is 0 Å². The molecule has 1 aromatic rings. The minimum absolute atomic E-state index is 0.0616. The second-order valence-electron chi connectivity index (χ2n) is 4.86. The molecule has 1 saturated heterocycles. The number of hydrogen-bond donors (Lipinski definition) is 0. The summed E-state index contributed by atoms with van der Waals surface area (Å²) in [6.45, 7) is 0.0943. The van der Waals surface area contributed by atoms with Gasteiger partial charge in [0.05, 0.1) is 31.2 Å². The lowest BCUT2D eigenvalue weighted by Crippen LogP contribution is -2.46. The first-order valence-corrected chi connectivity index (χ1v) is 8.22. The van der Waals surface area contributed by atoms with Crippen LogP contribution < -0.4 is 0 Å². The maximum atomic E-state index is 12.7. The van der Waals surface area contributed by atoms with Crippen LogP contribution in [0.4, 0.5) is 5.69 Å². The summed E-state index contributed by atoms with van der Waals surface area (Å²) in [6, 6.07) is 5.15. The van der Waals surface area contributed by atoms with Gasteiger partial charge in [-0.05, 0) is 6.07 Å². The molecule has 1 unspecified atom stereocenters. The van der Waals surface area contributed by atoms with Crippen molar-refractivity contribution >= 4 is 21.7 Å². The molecule has 1 aromatic carbocycles. The van der Waals surface area contributed by atoms with E-state index in [0.29, 0.717) is 0 Å². The molecule has 2 rings (SSSR count). The van der Waals surface area contributed by atoms with Crippen LogP contribution in [0.25, 0.3) is 0 Å². The Hall–Kier alpha value is -2.04. The first kappa shape index (κ1) is 17.3. The summed E-state index contributed by atoms with van der Waals surface area (Å²) >= 11 is 0. The normalized spacial score (nSPS) is 19.3. The fraction of sp³-hybridized carbons (Fsp3) is 0.462. The van der Waals surface area contributed by atoms with Crippen molar-refractivity contribution in [1.82, 2.24) is 4.31 Å². The van der Waals surface area contributed by atoms with Crippen LogP contribution in [0.15, 0.2) is 29.2 Å². The van der Waals surface area contributed by atoms with Crippen LogP contribution in [0.3, 0.4) is 0 Å². The number of rotatable bonds is 5. The van der Waals surface area contributed by atoms with E-state index in [1.54, 1.807) is 0 Å². The Balaban J connectivity index is 2.26. The molecule has 1 aliphatic heterocycles. The molecule has 23 heavy (non-hydrogen) atoms. The number of nitro groups is 1. The summed E-state index contributed by atoms with van der Waals surface area (Å²) in [5.74, 6) is -0.514. The van der Waals surface area contributed by atoms with E-state index in [0.717, 1.165) is 10.4 Å². The van der Waals surface area contributed by atoms with E-state index in [-0.39, 0.29) is 31.0 Å². The molecule has 0 N–H and O–H groups in total. The zero-order chi connectivity index (χ0) is 17.0. The highest BCUT2D eigenvalue weighted by Gasteiger charge is 2.35. The van der Waals surface area contributed by atoms with Gasteiger partial charge in [-0.1, -0.05) is 12.1 Å². The minimum Gasteiger partial charge on any atom is -0.469 e. The second-order valence-corrected chi connectivity index (χ2v) is 6.77. The summed E-state index contributed by atoms with van der Waals surface area (Å²) in [7, 11) is -2.82. The molecule has 126 valence electrons. The quantitative estimate of drug-likeness (QED) is 0.435. The molecule has 1 atom stereocenters. The van der Waals surface area contributed by atoms with E-state index >= 15 is 0 Å². The number of sulfonamides is 1. The van der Waals surface area contributed by atoms with Crippen LogP contribution in [-0.2, 0) is 24.3 Å². The van der Waals surface area contributed by atoms with Gasteiger partial charge in [-0.15, -0.1) is 0 Å². The van der Waals surface area contributed by atoms with Crippen LogP contribution in [0.5, 0.6) is 0 Å². The van der Waals surface area contributed by atoms with Crippen LogP contribution in [0.1, 0.15) is 6.42 Å². The number of benzene rings is 1. The topological polar surface area (TPSA) is 116 Å². The molecular weight excluding hydrogens is 328 g/mol. The summed E-state index contributed by atoms with van der Waals surface area (Å²) in [5, 5.41) is 11.0. The number of methoxy groups -OCH3 is 1. The average molecular weight is 344 g/mol. The maximum Gasteiger partial charge on any atom is 0.308 e. The molecule has 0 radical (unpaired) electrons. The summed E-state index contributed by atoms with van der Waals surface area (Å²) < 4.78 is 36.3. The minimum atomic E-state index is -4.05. The third kappa shape index (κ3) is 3.84. The number of ether oxygens (including phenoxy) is 2. The van der Waals surface area contributed by atoms with Crippen molar-refractivity contribution in [3.05, 3.63) is 34.4 Å². The Bertz CT molecular complexity index is 704. The van der Waals surface area contributed by atoms with Crippen LogP contribution in [0, 0.1) is 10.1 Å². The number of morpholine rings is 1. The van der Waals surface area contributed by atoms with Crippen LogP contribution in [0.2, 0.25) is 0 Å². The van der Waals surface area contributed by atoms with E-state index in [4.69, 9.17) is 4.74 Å². The van der Waals surface area contributed by atoms with Gasteiger partial charge in [0.25, 0.3) is 5.69 Å². The van der Waals surface area contributed by atoms with Gasteiger partial charge in [-0.25, -0.2) is 8.42 Å². The molecule has 0 spiro atoms. The second kappa shape index (κ2) is 7.02. The van der Waals surface area contributed by atoms with Crippen molar-refractivity contribution in [3.63, 3.8) is 0 Å². The van der Waals surface area contributed by atoms with Crippen LogP contribution in [-0.4, -0.2) is 56.5 Å². The number of carbonyl (C=O) groups excluding carboxylic acids is 1. The Kier molecular flexibility index (Phi) is 5.29. The SMILES string of the molecule is COC(=O)CC1CN(S(=O)(=O)c2ccccc2[N+](=O)[O-])CCO1. The van der Waals surface area contributed by atoms with Gasteiger partial charge in [0.15, 0.2) is 4.90 Å². The molecule has 0 saturated carbocycles. The Morgan fingerprint density at radius 2 is 2.17 bits per heavy atom. The zero-order valence-corrected chi connectivity index (χ0v) is 13.2. The highest BCUT2D eigenvalue weighted by atomic mass is 32.2. The lowest BCUT2D eigenvalue weighted by Gasteiger charge is -2.31. The molecule has 10 heteroatoms. The van der Waals surface area contributed by atoms with Crippen molar-refractivity contribution in [2.24, 2.45) is 0 Å². The van der Waals surface area contributed by atoms with Gasteiger partial charge in [-0.2, -0.15) is 4.31 Å². The fourth-order valence-electron chi connectivity index (χ4n) is 2.27. The maximum absolute atomic E-state index is 12.7. The fourth-order valence-corrected chi connectivity index (χ4v) is 3.88. The molecule has 0 bridgehead atoms.